The number of nitrogens with one attached hydrogen (secondary N) is 2. The van der Waals surface area contributed by atoms with Crippen LogP contribution < -0.4 is 10.7 Å². The van der Waals surface area contributed by atoms with Gasteiger partial charge in [0.25, 0.3) is 0 Å². The molecule has 2 rings (SSSR count). The third-order valence-electron chi connectivity index (χ3n) is 3.07. The zero-order valence-corrected chi connectivity index (χ0v) is 11.7. The Morgan fingerprint density at radius 3 is 2.40 bits per heavy atom. The van der Waals surface area contributed by atoms with Gasteiger partial charge in [-0.05, 0) is 43.4 Å². The van der Waals surface area contributed by atoms with Gasteiger partial charge in [-0.2, -0.15) is 5.10 Å². The average Bonchev–Trinajstić information content (AvgIpc) is 2.97. The van der Waals surface area contributed by atoms with E-state index in [9.17, 15) is 9.59 Å². The first-order valence-electron chi connectivity index (χ1n) is 6.53. The molecule has 20 heavy (non-hydrogen) atoms. The van der Waals surface area contributed by atoms with Crippen molar-refractivity contribution in [3.63, 3.8) is 0 Å². The van der Waals surface area contributed by atoms with Gasteiger partial charge in [-0.3, -0.25) is 9.59 Å². The Labute approximate surface area is 122 Å². The van der Waals surface area contributed by atoms with Crippen molar-refractivity contribution in [2.24, 2.45) is 5.10 Å². The summed E-state index contributed by atoms with van der Waals surface area (Å²) in [4.78, 5) is 23.1. The van der Waals surface area contributed by atoms with Crippen LogP contribution >= 0.6 is 11.6 Å². The molecule has 1 fully saturated rings. The summed E-state index contributed by atoms with van der Waals surface area (Å²) in [5, 5.41) is 7.11. The van der Waals surface area contributed by atoms with E-state index >= 15 is 0 Å². The van der Waals surface area contributed by atoms with Crippen LogP contribution in [-0.2, 0) is 16.1 Å². The molecular weight excluding hydrogens is 278 g/mol. The Balaban J connectivity index is 1.77. The molecule has 1 aromatic carbocycles. The van der Waals surface area contributed by atoms with E-state index in [1.54, 1.807) is 24.3 Å². The van der Waals surface area contributed by atoms with Crippen LogP contribution in [0.4, 0.5) is 0 Å². The van der Waals surface area contributed by atoms with Crippen LogP contribution in [0.15, 0.2) is 29.4 Å². The molecule has 0 aromatic heterocycles. The number of hydrazone groups is 1. The summed E-state index contributed by atoms with van der Waals surface area (Å²) >= 11 is 5.76. The van der Waals surface area contributed by atoms with E-state index in [1.807, 2.05) is 0 Å². The Hall–Kier alpha value is -1.88. The summed E-state index contributed by atoms with van der Waals surface area (Å²) in [6.45, 7) is 0.278. The van der Waals surface area contributed by atoms with Crippen molar-refractivity contribution in [1.29, 1.82) is 0 Å². The molecule has 106 valence electrons. The smallest absolute Gasteiger partial charge is 0.329 e. The fourth-order valence-electron chi connectivity index (χ4n) is 1.94. The number of amides is 2. The number of hydrogen-bond acceptors (Lipinski definition) is 3. The van der Waals surface area contributed by atoms with Crippen LogP contribution in [0.2, 0.25) is 5.02 Å². The second-order valence-corrected chi connectivity index (χ2v) is 5.07. The number of halogens is 1. The second-order valence-electron chi connectivity index (χ2n) is 4.64. The van der Waals surface area contributed by atoms with Gasteiger partial charge < -0.3 is 5.32 Å². The minimum absolute atomic E-state index is 0.278. The molecule has 0 atom stereocenters. The normalized spacial score (nSPS) is 13.9. The lowest BCUT2D eigenvalue weighted by Gasteiger charge is -2.04. The molecule has 0 unspecified atom stereocenters. The van der Waals surface area contributed by atoms with Crippen molar-refractivity contribution in [2.75, 3.05) is 0 Å². The van der Waals surface area contributed by atoms with Crippen molar-refractivity contribution in [1.82, 2.24) is 10.7 Å². The van der Waals surface area contributed by atoms with Crippen molar-refractivity contribution in [3.8, 4) is 0 Å². The van der Waals surface area contributed by atoms with Crippen LogP contribution in [0.5, 0.6) is 0 Å². The fourth-order valence-corrected chi connectivity index (χ4v) is 2.07. The molecule has 0 saturated heterocycles. The molecule has 2 N–H and O–H groups in total. The molecule has 1 aromatic rings. The van der Waals surface area contributed by atoms with Crippen molar-refractivity contribution < 1.29 is 9.59 Å². The Kier molecular flexibility index (Phi) is 5.12. The van der Waals surface area contributed by atoms with E-state index in [0.29, 0.717) is 5.02 Å². The lowest BCUT2D eigenvalue weighted by molar-refractivity contribution is -0.139. The van der Waals surface area contributed by atoms with Gasteiger partial charge in [0.1, 0.15) is 0 Å². The summed E-state index contributed by atoms with van der Waals surface area (Å²) in [5.74, 6) is -1.43. The third-order valence-corrected chi connectivity index (χ3v) is 3.32. The number of rotatable bonds is 3. The number of hydrogen-bond donors (Lipinski definition) is 2. The van der Waals surface area contributed by atoms with E-state index < -0.39 is 11.8 Å². The van der Waals surface area contributed by atoms with Crippen LogP contribution in [0.3, 0.4) is 0 Å². The van der Waals surface area contributed by atoms with Crippen LogP contribution in [0.25, 0.3) is 0 Å². The molecule has 5 nitrogen and oxygen atoms in total. The van der Waals surface area contributed by atoms with Crippen molar-refractivity contribution in [2.45, 2.75) is 32.2 Å². The molecule has 2 amide bonds. The lowest BCUT2D eigenvalue weighted by Crippen LogP contribution is -2.37. The molecule has 0 radical (unpaired) electrons. The van der Waals surface area contributed by atoms with Crippen LogP contribution in [0, 0.1) is 0 Å². The first-order valence-corrected chi connectivity index (χ1v) is 6.91. The molecule has 6 heteroatoms. The quantitative estimate of drug-likeness (QED) is 0.661. The van der Waals surface area contributed by atoms with Gasteiger partial charge in [-0.25, -0.2) is 5.43 Å². The molecule has 1 aliphatic carbocycles. The van der Waals surface area contributed by atoms with Crippen LogP contribution in [0.1, 0.15) is 31.2 Å². The fraction of sp³-hybridized carbons (Fsp3) is 0.357. The standard InChI is InChI=1S/C14H16ClN3O2/c15-11-7-5-10(6-8-11)9-16-13(19)14(20)18-17-12-3-1-2-4-12/h5-8H,1-4,9H2,(H,16,19)(H,18,20). The zero-order valence-electron chi connectivity index (χ0n) is 11.0. The van der Waals surface area contributed by atoms with Gasteiger partial charge >= 0.3 is 11.8 Å². The van der Waals surface area contributed by atoms with Crippen molar-refractivity contribution in [3.05, 3.63) is 34.9 Å². The molecule has 0 heterocycles. The highest BCUT2D eigenvalue weighted by Crippen LogP contribution is 2.13. The SMILES string of the molecule is O=C(NCc1ccc(Cl)cc1)C(=O)NN=C1CCCC1. The van der Waals surface area contributed by atoms with Crippen molar-refractivity contribution >= 4 is 29.1 Å². The van der Waals surface area contributed by atoms with Gasteiger partial charge in [0.05, 0.1) is 0 Å². The summed E-state index contributed by atoms with van der Waals surface area (Å²) in [5.41, 5.74) is 4.11. The number of benzene rings is 1. The Bertz CT molecular complexity index is 518. The number of carbonyl (C=O) groups excluding carboxylic acids is 2. The molecule has 0 aliphatic heterocycles. The van der Waals surface area contributed by atoms with Gasteiger partial charge in [0.15, 0.2) is 0 Å². The minimum atomic E-state index is -0.738. The van der Waals surface area contributed by atoms with E-state index in [-0.39, 0.29) is 6.54 Å². The predicted molar refractivity (Wildman–Crippen MR) is 77.3 cm³/mol. The van der Waals surface area contributed by atoms with Gasteiger partial charge in [-0.15, -0.1) is 0 Å². The van der Waals surface area contributed by atoms with Gasteiger partial charge in [0, 0.05) is 17.3 Å². The average molecular weight is 294 g/mol. The molecule has 0 bridgehead atoms. The van der Waals surface area contributed by atoms with Gasteiger partial charge in [-0.1, -0.05) is 23.7 Å². The monoisotopic (exact) mass is 293 g/mol. The van der Waals surface area contributed by atoms with E-state index in [2.05, 4.69) is 15.8 Å². The highest BCUT2D eigenvalue weighted by Gasteiger charge is 2.14. The van der Waals surface area contributed by atoms with Crippen LogP contribution in [-0.4, -0.2) is 17.5 Å². The summed E-state index contributed by atoms with van der Waals surface area (Å²) < 4.78 is 0. The zero-order chi connectivity index (χ0) is 14.4. The van der Waals surface area contributed by atoms with E-state index in [1.165, 1.54) is 0 Å². The maximum absolute atomic E-state index is 11.6. The Morgan fingerprint density at radius 2 is 1.75 bits per heavy atom. The highest BCUT2D eigenvalue weighted by atomic mass is 35.5. The molecular formula is C14H16ClN3O2. The third kappa shape index (κ3) is 4.35. The number of nitrogens with zero attached hydrogens (tertiary/aromatic N) is 1. The highest BCUT2D eigenvalue weighted by molar-refractivity contribution is 6.35. The summed E-state index contributed by atoms with van der Waals surface area (Å²) in [6, 6.07) is 7.04. The Morgan fingerprint density at radius 1 is 1.10 bits per heavy atom. The second kappa shape index (κ2) is 7.05. The lowest BCUT2D eigenvalue weighted by atomic mass is 10.2. The molecule has 1 saturated carbocycles. The van der Waals surface area contributed by atoms with E-state index in [4.69, 9.17) is 11.6 Å². The molecule has 0 spiro atoms. The maximum atomic E-state index is 11.6. The summed E-state index contributed by atoms with van der Waals surface area (Å²) in [7, 11) is 0. The predicted octanol–water partition coefficient (Wildman–Crippen LogP) is 2.00. The first-order chi connectivity index (χ1) is 9.65. The number of carbonyl (C=O) groups is 2. The topological polar surface area (TPSA) is 70.6 Å². The largest absolute Gasteiger partial charge is 0.344 e. The summed E-state index contributed by atoms with van der Waals surface area (Å²) in [6.07, 6.45) is 3.98. The maximum Gasteiger partial charge on any atom is 0.329 e. The minimum Gasteiger partial charge on any atom is -0.344 e. The first kappa shape index (κ1) is 14.5. The van der Waals surface area contributed by atoms with E-state index in [0.717, 1.165) is 37.0 Å². The van der Waals surface area contributed by atoms with Gasteiger partial charge in [0.2, 0.25) is 0 Å². The molecule has 1 aliphatic rings.